The van der Waals surface area contributed by atoms with E-state index < -0.39 is 0 Å². The van der Waals surface area contributed by atoms with Crippen LogP contribution >= 0.6 is 0 Å². The largest absolute Gasteiger partial charge is 0.373 e. The molecule has 3 heterocycles. The maximum Gasteiger partial charge on any atom is 0.253 e. The summed E-state index contributed by atoms with van der Waals surface area (Å²) < 4.78 is 18.9. The average Bonchev–Trinajstić information content (AvgIpc) is 2.79. The summed E-state index contributed by atoms with van der Waals surface area (Å²) in [6.07, 6.45) is 4.12. The molecule has 4 rings (SSSR count). The number of rotatable bonds is 4. The van der Waals surface area contributed by atoms with E-state index in [0.29, 0.717) is 49.6 Å². The minimum absolute atomic E-state index is 0.00441. The summed E-state index contributed by atoms with van der Waals surface area (Å²) in [5.41, 5.74) is 0.502. The number of piperidine rings is 2. The van der Waals surface area contributed by atoms with Crippen LogP contribution in [0.4, 0.5) is 4.39 Å². The van der Waals surface area contributed by atoms with Gasteiger partial charge in [-0.05, 0) is 69.7 Å². The highest BCUT2D eigenvalue weighted by molar-refractivity contribution is 5.94. The number of halogens is 1. The van der Waals surface area contributed by atoms with Gasteiger partial charge in [-0.1, -0.05) is 0 Å². The van der Waals surface area contributed by atoms with E-state index in [1.54, 1.807) is 4.90 Å². The molecular formula is C25H36FN3O3. The van der Waals surface area contributed by atoms with Crippen molar-refractivity contribution in [3.05, 3.63) is 35.6 Å². The van der Waals surface area contributed by atoms with Crippen molar-refractivity contribution in [1.29, 1.82) is 0 Å². The summed E-state index contributed by atoms with van der Waals surface area (Å²) >= 11 is 0. The molecule has 0 radical (unpaired) electrons. The minimum atomic E-state index is -0.344. The summed E-state index contributed by atoms with van der Waals surface area (Å²) in [5, 5.41) is 0. The van der Waals surface area contributed by atoms with Gasteiger partial charge in [0, 0.05) is 57.3 Å². The van der Waals surface area contributed by atoms with Crippen molar-refractivity contribution in [1.82, 2.24) is 14.7 Å². The van der Waals surface area contributed by atoms with Crippen LogP contribution in [0.2, 0.25) is 0 Å². The van der Waals surface area contributed by atoms with Gasteiger partial charge in [-0.25, -0.2) is 4.39 Å². The SMILES string of the molecule is CC1CN(CC2CCN(C(=O)C3CCN(C(=O)c4ccc(F)cc4)CC3)CC2)CC(C)O1. The van der Waals surface area contributed by atoms with Crippen molar-refractivity contribution < 1.29 is 18.7 Å². The van der Waals surface area contributed by atoms with E-state index in [-0.39, 0.29) is 23.5 Å². The van der Waals surface area contributed by atoms with Gasteiger partial charge >= 0.3 is 0 Å². The van der Waals surface area contributed by atoms with Crippen LogP contribution in [0.15, 0.2) is 24.3 Å². The molecule has 3 saturated heterocycles. The van der Waals surface area contributed by atoms with E-state index in [1.165, 1.54) is 24.3 Å². The van der Waals surface area contributed by atoms with Gasteiger partial charge in [0.15, 0.2) is 0 Å². The second kappa shape index (κ2) is 10.3. The highest BCUT2D eigenvalue weighted by Crippen LogP contribution is 2.26. The zero-order valence-corrected chi connectivity index (χ0v) is 19.3. The van der Waals surface area contributed by atoms with Gasteiger partial charge in [-0.3, -0.25) is 14.5 Å². The Kier molecular flexibility index (Phi) is 7.46. The van der Waals surface area contributed by atoms with Crippen LogP contribution in [0.3, 0.4) is 0 Å². The quantitative estimate of drug-likeness (QED) is 0.715. The fraction of sp³-hybridized carbons (Fsp3) is 0.680. The number of ether oxygens (including phenoxy) is 1. The number of carbonyl (C=O) groups excluding carboxylic acids is 2. The summed E-state index contributed by atoms with van der Waals surface area (Å²) in [4.78, 5) is 32.1. The van der Waals surface area contributed by atoms with Gasteiger partial charge in [0.25, 0.3) is 5.91 Å². The van der Waals surface area contributed by atoms with E-state index in [9.17, 15) is 14.0 Å². The molecule has 6 nitrogen and oxygen atoms in total. The Morgan fingerprint density at radius 3 is 2.06 bits per heavy atom. The molecular weight excluding hydrogens is 409 g/mol. The van der Waals surface area contributed by atoms with Crippen molar-refractivity contribution in [2.75, 3.05) is 45.8 Å². The van der Waals surface area contributed by atoms with Gasteiger partial charge < -0.3 is 14.5 Å². The molecule has 0 spiro atoms. The van der Waals surface area contributed by atoms with E-state index in [1.807, 2.05) is 4.90 Å². The van der Waals surface area contributed by atoms with E-state index in [4.69, 9.17) is 4.74 Å². The molecule has 0 aromatic heterocycles. The number of benzene rings is 1. The van der Waals surface area contributed by atoms with Crippen molar-refractivity contribution >= 4 is 11.8 Å². The van der Waals surface area contributed by atoms with Crippen LogP contribution in [0.25, 0.3) is 0 Å². The zero-order chi connectivity index (χ0) is 22.7. The van der Waals surface area contributed by atoms with Gasteiger partial charge in [-0.2, -0.15) is 0 Å². The third-order valence-corrected chi connectivity index (χ3v) is 7.16. The molecule has 3 fully saturated rings. The molecule has 0 aliphatic carbocycles. The molecule has 176 valence electrons. The normalized spacial score (nSPS) is 26.3. The molecule has 0 bridgehead atoms. The maximum atomic E-state index is 13.1. The number of morpholine rings is 1. The van der Waals surface area contributed by atoms with E-state index in [0.717, 1.165) is 45.6 Å². The lowest BCUT2D eigenvalue weighted by atomic mass is 9.91. The first-order chi connectivity index (χ1) is 15.4. The van der Waals surface area contributed by atoms with E-state index in [2.05, 4.69) is 18.7 Å². The van der Waals surface area contributed by atoms with Crippen LogP contribution in [-0.4, -0.2) is 84.5 Å². The lowest BCUT2D eigenvalue weighted by Gasteiger charge is -2.40. The van der Waals surface area contributed by atoms with E-state index >= 15 is 0 Å². The van der Waals surface area contributed by atoms with Crippen molar-refractivity contribution in [3.63, 3.8) is 0 Å². The monoisotopic (exact) mass is 445 g/mol. The number of carbonyl (C=O) groups is 2. The Morgan fingerprint density at radius 2 is 1.47 bits per heavy atom. The first-order valence-corrected chi connectivity index (χ1v) is 12.1. The predicted octanol–water partition coefficient (Wildman–Crippen LogP) is 3.03. The molecule has 1 aromatic carbocycles. The minimum Gasteiger partial charge on any atom is -0.373 e. The zero-order valence-electron chi connectivity index (χ0n) is 19.3. The van der Waals surface area contributed by atoms with Crippen molar-refractivity contribution in [3.8, 4) is 0 Å². The third-order valence-electron chi connectivity index (χ3n) is 7.16. The Balaban J connectivity index is 1.20. The lowest BCUT2D eigenvalue weighted by molar-refractivity contribution is -0.138. The van der Waals surface area contributed by atoms with Crippen LogP contribution in [0.1, 0.15) is 49.9 Å². The molecule has 2 amide bonds. The van der Waals surface area contributed by atoms with Crippen LogP contribution in [0, 0.1) is 17.7 Å². The standard InChI is InChI=1S/C25H36FN3O3/c1-18-15-27(16-19(2)32-18)17-20-7-11-28(12-8-20)25(31)22-9-13-29(14-10-22)24(30)21-3-5-23(26)6-4-21/h3-6,18-20,22H,7-17H2,1-2H3. The molecule has 0 N–H and O–H groups in total. The molecule has 0 saturated carbocycles. The fourth-order valence-corrected chi connectivity index (χ4v) is 5.50. The topological polar surface area (TPSA) is 53.1 Å². The predicted molar refractivity (Wildman–Crippen MR) is 121 cm³/mol. The summed E-state index contributed by atoms with van der Waals surface area (Å²) in [6.45, 7) is 10.2. The molecule has 2 atom stereocenters. The van der Waals surface area contributed by atoms with Crippen molar-refractivity contribution in [2.24, 2.45) is 11.8 Å². The highest BCUT2D eigenvalue weighted by atomic mass is 19.1. The summed E-state index contributed by atoms with van der Waals surface area (Å²) in [7, 11) is 0. The first-order valence-electron chi connectivity index (χ1n) is 12.1. The van der Waals surface area contributed by atoms with Crippen molar-refractivity contribution in [2.45, 2.75) is 51.7 Å². The first kappa shape index (κ1) is 23.2. The Labute approximate surface area is 190 Å². The molecule has 1 aromatic rings. The van der Waals surface area contributed by atoms with Crippen LogP contribution in [0.5, 0.6) is 0 Å². The molecule has 7 heteroatoms. The molecule has 2 unspecified atom stereocenters. The maximum absolute atomic E-state index is 13.1. The van der Waals surface area contributed by atoms with Crippen LogP contribution < -0.4 is 0 Å². The number of hydrogen-bond acceptors (Lipinski definition) is 4. The number of likely N-dealkylation sites (tertiary alicyclic amines) is 2. The molecule has 3 aliphatic heterocycles. The second-order valence-corrected chi connectivity index (χ2v) is 9.82. The summed E-state index contributed by atoms with van der Waals surface area (Å²) in [5.74, 6) is 0.481. The number of hydrogen-bond donors (Lipinski definition) is 0. The van der Waals surface area contributed by atoms with Crippen LogP contribution in [-0.2, 0) is 9.53 Å². The second-order valence-electron chi connectivity index (χ2n) is 9.82. The lowest BCUT2D eigenvalue weighted by Crippen LogP contribution is -2.50. The average molecular weight is 446 g/mol. The fourth-order valence-electron chi connectivity index (χ4n) is 5.50. The summed E-state index contributed by atoms with van der Waals surface area (Å²) in [6, 6.07) is 5.68. The molecule has 32 heavy (non-hydrogen) atoms. The highest BCUT2D eigenvalue weighted by Gasteiger charge is 2.33. The third kappa shape index (κ3) is 5.67. The Hall–Kier alpha value is -1.99. The van der Waals surface area contributed by atoms with Gasteiger partial charge in [0.1, 0.15) is 5.82 Å². The molecule has 3 aliphatic rings. The van der Waals surface area contributed by atoms with Gasteiger partial charge in [0.2, 0.25) is 5.91 Å². The van der Waals surface area contributed by atoms with Gasteiger partial charge in [-0.15, -0.1) is 0 Å². The number of nitrogens with zero attached hydrogens (tertiary/aromatic N) is 3. The Morgan fingerprint density at radius 1 is 0.906 bits per heavy atom. The van der Waals surface area contributed by atoms with Gasteiger partial charge in [0.05, 0.1) is 12.2 Å². The smallest absolute Gasteiger partial charge is 0.253 e. The number of amides is 2. The Bertz CT molecular complexity index is 776.